The van der Waals surface area contributed by atoms with Gasteiger partial charge in [0.2, 0.25) is 0 Å². The Morgan fingerprint density at radius 1 is 1.00 bits per heavy atom. The van der Waals surface area contributed by atoms with Crippen molar-refractivity contribution in [3.8, 4) is 0 Å². The first-order valence-electron chi connectivity index (χ1n) is 7.57. The van der Waals surface area contributed by atoms with E-state index < -0.39 is 5.97 Å². The van der Waals surface area contributed by atoms with E-state index in [0.717, 1.165) is 19.3 Å². The molecule has 0 saturated heterocycles. The number of aryl methyl sites for hydroxylation is 2. The lowest BCUT2D eigenvalue weighted by molar-refractivity contribution is -0.119. The van der Waals surface area contributed by atoms with E-state index in [1.54, 1.807) is 0 Å². The highest BCUT2D eigenvalue weighted by atomic mass is 35.5. The van der Waals surface area contributed by atoms with Gasteiger partial charge in [0.05, 0.1) is 15.6 Å². The van der Waals surface area contributed by atoms with Crippen LogP contribution in [0.5, 0.6) is 0 Å². The molecule has 3 rings (SSSR count). The summed E-state index contributed by atoms with van der Waals surface area (Å²) in [5.41, 5.74) is 3.56. The highest BCUT2D eigenvalue weighted by Crippen LogP contribution is 2.25. The van der Waals surface area contributed by atoms with E-state index in [9.17, 15) is 9.59 Å². The van der Waals surface area contributed by atoms with Crippen LogP contribution in [0.4, 0.5) is 5.69 Å². The summed E-state index contributed by atoms with van der Waals surface area (Å²) >= 11 is 11.7. The molecule has 0 aromatic heterocycles. The molecule has 1 N–H and O–H groups in total. The molecular weight excluding hydrogens is 349 g/mol. The molecule has 0 aliphatic heterocycles. The van der Waals surface area contributed by atoms with Crippen molar-refractivity contribution in [1.82, 2.24) is 0 Å². The lowest BCUT2D eigenvalue weighted by Crippen LogP contribution is -2.21. The van der Waals surface area contributed by atoms with E-state index >= 15 is 0 Å². The molecule has 1 aliphatic rings. The largest absolute Gasteiger partial charge is 0.452 e. The molecule has 0 saturated carbocycles. The van der Waals surface area contributed by atoms with Gasteiger partial charge < -0.3 is 10.1 Å². The smallest absolute Gasteiger partial charge is 0.338 e. The fourth-order valence-electron chi connectivity index (χ4n) is 2.68. The summed E-state index contributed by atoms with van der Waals surface area (Å²) in [4.78, 5) is 23.8. The molecule has 2 aromatic carbocycles. The number of halogens is 2. The summed E-state index contributed by atoms with van der Waals surface area (Å²) in [5, 5.41) is 3.34. The number of ether oxygens (including phenoxy) is 1. The Kier molecular flexibility index (Phi) is 5.07. The molecule has 1 aliphatic carbocycles. The van der Waals surface area contributed by atoms with Gasteiger partial charge in [-0.25, -0.2) is 4.79 Å². The minimum Gasteiger partial charge on any atom is -0.452 e. The molecule has 6 heteroatoms. The number of carbonyl (C=O) groups excluding carboxylic acids is 2. The van der Waals surface area contributed by atoms with Gasteiger partial charge in [-0.05, 0) is 60.7 Å². The summed E-state index contributed by atoms with van der Waals surface area (Å²) in [6, 6.07) is 10.3. The van der Waals surface area contributed by atoms with E-state index in [4.69, 9.17) is 27.9 Å². The molecule has 0 spiro atoms. The first-order valence-corrected chi connectivity index (χ1v) is 8.32. The number of fused-ring (bicyclic) bond motifs is 1. The number of rotatable bonds is 4. The maximum Gasteiger partial charge on any atom is 0.338 e. The lowest BCUT2D eigenvalue weighted by Gasteiger charge is -2.08. The van der Waals surface area contributed by atoms with Crippen molar-refractivity contribution in [2.24, 2.45) is 0 Å². The summed E-state index contributed by atoms with van der Waals surface area (Å²) in [6.45, 7) is -0.365. The van der Waals surface area contributed by atoms with Gasteiger partial charge in [-0.1, -0.05) is 29.3 Å². The van der Waals surface area contributed by atoms with Crippen molar-refractivity contribution in [3.63, 3.8) is 0 Å². The maximum absolute atomic E-state index is 11.9. The Bertz CT molecular complexity index is 805. The third kappa shape index (κ3) is 3.89. The average molecular weight is 364 g/mol. The number of hydrogen-bond acceptors (Lipinski definition) is 3. The average Bonchev–Trinajstić information content (AvgIpc) is 3.03. The van der Waals surface area contributed by atoms with Gasteiger partial charge in [0.1, 0.15) is 0 Å². The first kappa shape index (κ1) is 16.8. The Morgan fingerprint density at radius 2 is 1.79 bits per heavy atom. The van der Waals surface area contributed by atoms with Crippen LogP contribution in [0.1, 0.15) is 27.9 Å². The minimum atomic E-state index is -0.627. The van der Waals surface area contributed by atoms with Gasteiger partial charge in [0, 0.05) is 5.69 Å². The number of esters is 1. The van der Waals surface area contributed by atoms with E-state index in [-0.39, 0.29) is 23.1 Å². The standard InChI is InChI=1S/C18H15Cl2NO3/c19-15-7-5-13(9-16(15)20)18(23)24-10-17(22)21-14-6-4-11-2-1-3-12(11)8-14/h4-9H,1-3,10H2,(H,21,22). The molecule has 24 heavy (non-hydrogen) atoms. The minimum absolute atomic E-state index is 0.245. The Hall–Kier alpha value is -2.04. The highest BCUT2D eigenvalue weighted by molar-refractivity contribution is 6.42. The van der Waals surface area contributed by atoms with Crippen LogP contribution in [0, 0.1) is 0 Å². The summed E-state index contributed by atoms with van der Waals surface area (Å²) in [5.74, 6) is -1.01. The highest BCUT2D eigenvalue weighted by Gasteiger charge is 2.14. The van der Waals surface area contributed by atoms with Gasteiger partial charge in [-0.15, -0.1) is 0 Å². The second-order valence-electron chi connectivity index (χ2n) is 5.59. The third-order valence-corrected chi connectivity index (χ3v) is 4.61. The van der Waals surface area contributed by atoms with Crippen molar-refractivity contribution in [3.05, 3.63) is 63.1 Å². The topological polar surface area (TPSA) is 55.4 Å². The van der Waals surface area contributed by atoms with Gasteiger partial charge in [0.15, 0.2) is 6.61 Å². The number of hydrogen-bond donors (Lipinski definition) is 1. The van der Waals surface area contributed by atoms with Crippen LogP contribution in [-0.4, -0.2) is 18.5 Å². The SMILES string of the molecule is O=C(COC(=O)c1ccc(Cl)c(Cl)c1)Nc1ccc2c(c1)CCC2. The quantitative estimate of drug-likeness (QED) is 0.824. The third-order valence-electron chi connectivity index (χ3n) is 3.87. The number of anilines is 1. The Morgan fingerprint density at radius 3 is 2.58 bits per heavy atom. The maximum atomic E-state index is 11.9. The molecule has 0 atom stereocenters. The van der Waals surface area contributed by atoms with Crippen molar-refractivity contribution in [1.29, 1.82) is 0 Å². The summed E-state index contributed by atoms with van der Waals surface area (Å²) in [6.07, 6.45) is 3.27. The van der Waals surface area contributed by atoms with E-state index in [1.165, 1.54) is 29.3 Å². The fraction of sp³-hybridized carbons (Fsp3) is 0.222. The molecule has 0 bridgehead atoms. The van der Waals surface area contributed by atoms with Crippen LogP contribution in [-0.2, 0) is 22.4 Å². The van der Waals surface area contributed by atoms with Crippen molar-refractivity contribution < 1.29 is 14.3 Å². The predicted octanol–water partition coefficient (Wildman–Crippen LogP) is 4.28. The molecule has 4 nitrogen and oxygen atoms in total. The lowest BCUT2D eigenvalue weighted by atomic mass is 10.1. The van der Waals surface area contributed by atoms with Crippen LogP contribution in [0.2, 0.25) is 10.0 Å². The van der Waals surface area contributed by atoms with Crippen LogP contribution in [0.25, 0.3) is 0 Å². The number of benzene rings is 2. The van der Waals surface area contributed by atoms with Gasteiger partial charge in [0.25, 0.3) is 5.91 Å². The van der Waals surface area contributed by atoms with Crippen LogP contribution < -0.4 is 5.32 Å². The monoisotopic (exact) mass is 363 g/mol. The molecule has 0 unspecified atom stereocenters. The number of amides is 1. The summed E-state index contributed by atoms with van der Waals surface area (Å²) < 4.78 is 5.00. The molecule has 0 fully saturated rings. The van der Waals surface area contributed by atoms with Crippen LogP contribution in [0.15, 0.2) is 36.4 Å². The van der Waals surface area contributed by atoms with Crippen LogP contribution >= 0.6 is 23.2 Å². The van der Waals surface area contributed by atoms with Crippen molar-refractivity contribution >= 4 is 40.8 Å². The molecule has 2 aromatic rings. The number of carbonyl (C=O) groups is 2. The molecule has 0 heterocycles. The van der Waals surface area contributed by atoms with E-state index in [2.05, 4.69) is 5.32 Å². The first-order chi connectivity index (χ1) is 11.5. The van der Waals surface area contributed by atoms with E-state index in [1.807, 2.05) is 18.2 Å². The molecule has 0 radical (unpaired) electrons. The van der Waals surface area contributed by atoms with Gasteiger partial charge >= 0.3 is 5.97 Å². The Balaban J connectivity index is 1.55. The Labute approximate surface area is 149 Å². The normalized spacial score (nSPS) is 12.6. The predicted molar refractivity (Wildman–Crippen MR) is 93.8 cm³/mol. The number of nitrogens with one attached hydrogen (secondary N) is 1. The van der Waals surface area contributed by atoms with Crippen molar-refractivity contribution in [2.45, 2.75) is 19.3 Å². The molecular formula is C18H15Cl2NO3. The molecule has 124 valence electrons. The second kappa shape index (κ2) is 7.24. The zero-order valence-electron chi connectivity index (χ0n) is 12.8. The van der Waals surface area contributed by atoms with Crippen LogP contribution in [0.3, 0.4) is 0 Å². The molecule has 1 amide bonds. The van der Waals surface area contributed by atoms with E-state index in [0.29, 0.717) is 10.7 Å². The summed E-state index contributed by atoms with van der Waals surface area (Å²) in [7, 11) is 0. The second-order valence-corrected chi connectivity index (χ2v) is 6.40. The zero-order chi connectivity index (χ0) is 17.1. The van der Waals surface area contributed by atoms with Crippen molar-refractivity contribution in [2.75, 3.05) is 11.9 Å². The van der Waals surface area contributed by atoms with Gasteiger partial charge in [-0.2, -0.15) is 0 Å². The van der Waals surface area contributed by atoms with Gasteiger partial charge in [-0.3, -0.25) is 4.79 Å². The fourth-order valence-corrected chi connectivity index (χ4v) is 2.98. The zero-order valence-corrected chi connectivity index (χ0v) is 14.3.